The van der Waals surface area contributed by atoms with Crippen molar-refractivity contribution < 1.29 is 4.79 Å². The lowest BCUT2D eigenvalue weighted by atomic mass is 10.1. The minimum absolute atomic E-state index is 0.195. The summed E-state index contributed by atoms with van der Waals surface area (Å²) in [5, 5.41) is 11.8. The lowest BCUT2D eigenvalue weighted by Gasteiger charge is -2.22. The lowest BCUT2D eigenvalue weighted by molar-refractivity contribution is -0.119. The molecule has 0 fully saturated rings. The van der Waals surface area contributed by atoms with Crippen molar-refractivity contribution in [1.29, 1.82) is 0 Å². The van der Waals surface area contributed by atoms with Crippen molar-refractivity contribution in [2.45, 2.75) is 12.5 Å². The van der Waals surface area contributed by atoms with Crippen molar-refractivity contribution in [1.82, 2.24) is 25.6 Å². The van der Waals surface area contributed by atoms with E-state index in [0.717, 1.165) is 5.56 Å². The minimum atomic E-state index is -0.425. The number of hydrogen-bond acceptors (Lipinski definition) is 6. The van der Waals surface area contributed by atoms with Crippen LogP contribution in [-0.4, -0.2) is 46.2 Å². The Morgan fingerprint density at radius 1 is 1.24 bits per heavy atom. The predicted molar refractivity (Wildman–Crippen MR) is 79.2 cm³/mol. The molecule has 2 aromatic rings. The van der Waals surface area contributed by atoms with Crippen molar-refractivity contribution in [2.24, 2.45) is 0 Å². The third-order valence-electron chi connectivity index (χ3n) is 2.73. The Hall–Kier alpha value is -2.38. The van der Waals surface area contributed by atoms with Crippen LogP contribution in [0.1, 0.15) is 5.56 Å². The largest absolute Gasteiger partial charge is 0.292 e. The Bertz CT molecular complexity index is 560. The number of anilines is 1. The zero-order valence-electron chi connectivity index (χ0n) is 12.0. The number of aromatic nitrogens is 3. The number of benzene rings is 1. The van der Waals surface area contributed by atoms with Crippen LogP contribution in [0.15, 0.2) is 42.7 Å². The highest BCUT2D eigenvalue weighted by Crippen LogP contribution is 2.05. The topological polar surface area (TPSA) is 83.0 Å². The van der Waals surface area contributed by atoms with Gasteiger partial charge in [0.25, 0.3) is 0 Å². The Balaban J connectivity index is 2.06. The molecule has 1 atom stereocenters. The van der Waals surface area contributed by atoms with Crippen LogP contribution in [0.3, 0.4) is 0 Å². The normalized spacial score (nSPS) is 12.1. The van der Waals surface area contributed by atoms with E-state index in [4.69, 9.17) is 0 Å². The number of rotatable bonds is 6. The van der Waals surface area contributed by atoms with Crippen LogP contribution in [0, 0.1) is 0 Å². The van der Waals surface area contributed by atoms with Crippen LogP contribution in [0.2, 0.25) is 0 Å². The first kappa shape index (κ1) is 15.0. The monoisotopic (exact) mass is 286 g/mol. The highest BCUT2D eigenvalue weighted by Gasteiger charge is 2.20. The van der Waals surface area contributed by atoms with E-state index in [-0.39, 0.29) is 11.9 Å². The summed E-state index contributed by atoms with van der Waals surface area (Å²) in [4.78, 5) is 16.3. The second kappa shape index (κ2) is 7.41. The number of hydrogen-bond donors (Lipinski definition) is 2. The fourth-order valence-electron chi connectivity index (χ4n) is 1.86. The van der Waals surface area contributed by atoms with E-state index in [1.165, 1.54) is 12.4 Å². The van der Waals surface area contributed by atoms with Crippen molar-refractivity contribution in [2.75, 3.05) is 19.4 Å². The van der Waals surface area contributed by atoms with E-state index in [9.17, 15) is 4.79 Å². The summed E-state index contributed by atoms with van der Waals surface area (Å²) in [5.74, 6) is -0.0123. The molecule has 0 aliphatic heterocycles. The van der Waals surface area contributed by atoms with Gasteiger partial charge in [-0.25, -0.2) is 15.4 Å². The molecule has 0 aliphatic carbocycles. The van der Waals surface area contributed by atoms with Crippen LogP contribution in [0.4, 0.5) is 5.95 Å². The fourth-order valence-corrected chi connectivity index (χ4v) is 1.86. The smallest absolute Gasteiger partial charge is 0.249 e. The molecule has 1 amide bonds. The first-order chi connectivity index (χ1) is 10.1. The van der Waals surface area contributed by atoms with Gasteiger partial charge in [0.05, 0.1) is 12.4 Å². The number of nitrogens with zero attached hydrogens (tertiary/aromatic N) is 4. The Morgan fingerprint density at radius 2 is 2.00 bits per heavy atom. The average Bonchev–Trinajstić information content (AvgIpc) is 2.48. The van der Waals surface area contributed by atoms with Crippen LogP contribution in [0.5, 0.6) is 0 Å². The molecular formula is C14H18N6O. The maximum absolute atomic E-state index is 12.3. The summed E-state index contributed by atoms with van der Waals surface area (Å²) in [7, 11) is 3.68. The molecule has 0 spiro atoms. The van der Waals surface area contributed by atoms with Gasteiger partial charge in [0.1, 0.15) is 6.04 Å². The number of nitrogens with one attached hydrogen (secondary N) is 2. The van der Waals surface area contributed by atoms with Gasteiger partial charge in [-0.05, 0) is 12.0 Å². The van der Waals surface area contributed by atoms with Gasteiger partial charge in [-0.1, -0.05) is 30.3 Å². The summed E-state index contributed by atoms with van der Waals surface area (Å²) < 4.78 is 0. The molecule has 0 radical (unpaired) electrons. The maximum Gasteiger partial charge on any atom is 0.249 e. The highest BCUT2D eigenvalue weighted by atomic mass is 16.2. The fraction of sp³-hybridized carbons (Fsp3) is 0.286. The van der Waals surface area contributed by atoms with E-state index >= 15 is 0 Å². The maximum atomic E-state index is 12.3. The van der Waals surface area contributed by atoms with Gasteiger partial charge in [-0.3, -0.25) is 10.1 Å². The van der Waals surface area contributed by atoms with Gasteiger partial charge in [0, 0.05) is 14.1 Å². The lowest BCUT2D eigenvalue weighted by Crippen LogP contribution is -2.48. The van der Waals surface area contributed by atoms with E-state index in [0.29, 0.717) is 6.42 Å². The zero-order chi connectivity index (χ0) is 15.1. The molecule has 2 rings (SSSR count). The first-order valence-corrected chi connectivity index (χ1v) is 6.57. The first-order valence-electron chi connectivity index (χ1n) is 6.57. The van der Waals surface area contributed by atoms with E-state index in [2.05, 4.69) is 25.9 Å². The zero-order valence-corrected chi connectivity index (χ0v) is 12.0. The molecule has 21 heavy (non-hydrogen) atoms. The van der Waals surface area contributed by atoms with Crippen LogP contribution in [0.25, 0.3) is 0 Å². The number of amides is 1. The molecule has 0 saturated heterocycles. The van der Waals surface area contributed by atoms with Crippen molar-refractivity contribution >= 4 is 11.9 Å². The summed E-state index contributed by atoms with van der Waals surface area (Å²) in [6.45, 7) is 0. The molecule has 110 valence electrons. The van der Waals surface area contributed by atoms with E-state index < -0.39 is 6.04 Å². The Kier molecular flexibility index (Phi) is 5.30. The molecule has 0 unspecified atom stereocenters. The van der Waals surface area contributed by atoms with Crippen LogP contribution >= 0.6 is 0 Å². The molecule has 2 N–H and O–H groups in total. The van der Waals surface area contributed by atoms with Gasteiger partial charge in [0.15, 0.2) is 0 Å². The van der Waals surface area contributed by atoms with Gasteiger partial charge >= 0.3 is 0 Å². The molecule has 0 saturated carbocycles. The molecule has 0 aliphatic rings. The van der Waals surface area contributed by atoms with Crippen LogP contribution < -0.4 is 10.7 Å². The van der Waals surface area contributed by atoms with Gasteiger partial charge in [-0.2, -0.15) is 5.10 Å². The van der Waals surface area contributed by atoms with Gasteiger partial charge in [0.2, 0.25) is 11.9 Å². The Labute approximate surface area is 123 Å². The minimum Gasteiger partial charge on any atom is -0.292 e. The molecule has 7 heteroatoms. The summed E-state index contributed by atoms with van der Waals surface area (Å²) in [6, 6.07) is 9.39. The third-order valence-corrected chi connectivity index (χ3v) is 2.73. The van der Waals surface area contributed by atoms with Crippen molar-refractivity contribution in [3.63, 3.8) is 0 Å². The predicted octanol–water partition coefficient (Wildman–Crippen LogP) is 0.488. The van der Waals surface area contributed by atoms with E-state index in [1.807, 2.05) is 44.4 Å². The van der Waals surface area contributed by atoms with E-state index in [1.54, 1.807) is 5.01 Å². The molecule has 7 nitrogen and oxygen atoms in total. The summed E-state index contributed by atoms with van der Waals surface area (Å²) >= 11 is 0. The molecule has 1 aromatic carbocycles. The SMILES string of the molecule is CN(C)N[C@@H](Cc1ccccc1)C(=O)Nc1nccnn1. The van der Waals surface area contributed by atoms with Gasteiger partial charge in [-0.15, -0.1) is 5.10 Å². The summed E-state index contributed by atoms with van der Waals surface area (Å²) in [5.41, 5.74) is 4.16. The molecular weight excluding hydrogens is 268 g/mol. The van der Waals surface area contributed by atoms with Crippen molar-refractivity contribution in [3.05, 3.63) is 48.3 Å². The molecule has 1 heterocycles. The highest BCUT2D eigenvalue weighted by molar-refractivity contribution is 5.93. The average molecular weight is 286 g/mol. The second-order valence-corrected chi connectivity index (χ2v) is 4.72. The Morgan fingerprint density at radius 3 is 2.62 bits per heavy atom. The van der Waals surface area contributed by atoms with Crippen molar-refractivity contribution in [3.8, 4) is 0 Å². The summed E-state index contributed by atoms with van der Waals surface area (Å²) in [6.07, 6.45) is 3.49. The number of carbonyl (C=O) groups is 1. The molecule has 0 bridgehead atoms. The second-order valence-electron chi connectivity index (χ2n) is 4.72. The van der Waals surface area contributed by atoms with Crippen LogP contribution in [-0.2, 0) is 11.2 Å². The molecule has 1 aromatic heterocycles. The van der Waals surface area contributed by atoms with Gasteiger partial charge < -0.3 is 0 Å². The quantitative estimate of drug-likeness (QED) is 0.752. The number of carbonyl (C=O) groups excluding carboxylic acids is 1. The number of hydrazine groups is 1. The third kappa shape index (κ3) is 4.90. The standard InChI is InChI=1S/C14H18N6O/c1-20(2)19-12(10-11-6-4-3-5-7-11)13(21)17-14-15-8-9-16-18-14/h3-9,12,19H,10H2,1-2H3,(H,15,17,18,21)/t12-/m0/s1.